The largest absolute Gasteiger partial charge is 0.458 e. The number of carbonyl (C=O) groups is 1. The fourth-order valence-corrected chi connectivity index (χ4v) is 3.58. The van der Waals surface area contributed by atoms with Crippen molar-refractivity contribution in [2.45, 2.75) is 97.1 Å². The van der Waals surface area contributed by atoms with E-state index in [0.717, 1.165) is 38.9 Å². The Morgan fingerprint density at radius 1 is 0.962 bits per heavy atom. The van der Waals surface area contributed by atoms with Crippen LogP contribution in [0, 0.1) is 11.8 Å². The smallest absolute Gasteiger partial charge is 0.338 e. The first-order valence-electron chi connectivity index (χ1n) is 10.3. The molecule has 1 saturated heterocycles. The predicted molar refractivity (Wildman–Crippen MR) is 101 cm³/mol. The van der Waals surface area contributed by atoms with E-state index in [9.17, 15) is 4.79 Å². The molecule has 1 saturated carbocycles. The molecule has 152 valence electrons. The molecule has 3 atom stereocenters. The number of ether oxygens (including phenoxy) is 4. The molecule has 0 aromatic rings. The molecule has 0 aromatic heterocycles. The minimum absolute atomic E-state index is 0.00789. The second kappa shape index (κ2) is 9.52. The van der Waals surface area contributed by atoms with Crippen molar-refractivity contribution in [3.8, 4) is 0 Å². The molecule has 1 aliphatic carbocycles. The van der Waals surface area contributed by atoms with Crippen LogP contribution in [0.3, 0.4) is 0 Å². The van der Waals surface area contributed by atoms with E-state index < -0.39 is 11.2 Å². The van der Waals surface area contributed by atoms with Gasteiger partial charge < -0.3 is 18.9 Å². The second-order valence-corrected chi connectivity index (χ2v) is 9.35. The Hall–Kier alpha value is -0.650. The van der Waals surface area contributed by atoms with Gasteiger partial charge in [0.2, 0.25) is 0 Å². The van der Waals surface area contributed by atoms with Crippen LogP contribution in [0.25, 0.3) is 0 Å². The highest BCUT2D eigenvalue weighted by Gasteiger charge is 2.35. The number of rotatable bonds is 7. The summed E-state index contributed by atoms with van der Waals surface area (Å²) in [4.78, 5) is 12.3. The number of hydrogen-bond donors (Lipinski definition) is 0. The summed E-state index contributed by atoms with van der Waals surface area (Å²) in [6, 6.07) is 0. The zero-order valence-electron chi connectivity index (χ0n) is 17.3. The summed E-state index contributed by atoms with van der Waals surface area (Å²) >= 11 is 0. The molecule has 0 aromatic carbocycles. The normalized spacial score (nSPS) is 28.0. The summed E-state index contributed by atoms with van der Waals surface area (Å²) in [6.07, 6.45) is 8.01. The lowest BCUT2D eigenvalue weighted by Crippen LogP contribution is -2.42. The van der Waals surface area contributed by atoms with Crippen molar-refractivity contribution < 1.29 is 23.7 Å². The molecule has 3 unspecified atom stereocenters. The van der Waals surface area contributed by atoms with Crippen molar-refractivity contribution in [1.82, 2.24) is 0 Å². The molecule has 2 fully saturated rings. The molecule has 1 heterocycles. The van der Waals surface area contributed by atoms with Crippen molar-refractivity contribution in [3.63, 3.8) is 0 Å². The van der Waals surface area contributed by atoms with E-state index in [1.165, 1.54) is 19.3 Å². The Morgan fingerprint density at radius 2 is 1.65 bits per heavy atom. The Balaban J connectivity index is 1.72. The molecule has 5 heteroatoms. The van der Waals surface area contributed by atoms with Crippen LogP contribution in [0.5, 0.6) is 0 Å². The monoisotopic (exact) mass is 370 g/mol. The molecule has 2 rings (SSSR count). The van der Waals surface area contributed by atoms with Gasteiger partial charge >= 0.3 is 5.97 Å². The highest BCUT2D eigenvalue weighted by Crippen LogP contribution is 2.31. The minimum atomic E-state index is -0.910. The summed E-state index contributed by atoms with van der Waals surface area (Å²) in [5, 5.41) is 0. The van der Waals surface area contributed by atoms with Crippen molar-refractivity contribution >= 4 is 5.97 Å². The van der Waals surface area contributed by atoms with Crippen LogP contribution in [0.4, 0.5) is 0 Å². The van der Waals surface area contributed by atoms with Gasteiger partial charge in [-0.1, -0.05) is 6.42 Å². The van der Waals surface area contributed by atoms with E-state index in [1.807, 2.05) is 20.8 Å². The lowest BCUT2D eigenvalue weighted by Gasteiger charge is -2.33. The highest BCUT2D eigenvalue weighted by atomic mass is 16.7. The van der Waals surface area contributed by atoms with E-state index in [4.69, 9.17) is 18.9 Å². The van der Waals surface area contributed by atoms with E-state index in [-0.39, 0.29) is 12.3 Å². The van der Waals surface area contributed by atoms with Crippen LogP contribution in [0.15, 0.2) is 0 Å². The SMILES string of the molecule is CC(C)(C)OC(=O)C(C)(C)OCC1CCCC(COC2CCCCO2)C1. The summed E-state index contributed by atoms with van der Waals surface area (Å²) in [5.41, 5.74) is -1.40. The molecule has 26 heavy (non-hydrogen) atoms. The van der Waals surface area contributed by atoms with Crippen LogP contribution in [0.1, 0.15) is 79.6 Å². The van der Waals surface area contributed by atoms with Gasteiger partial charge in [0.05, 0.1) is 13.2 Å². The molecule has 0 amide bonds. The molecule has 0 radical (unpaired) electrons. The number of esters is 1. The fourth-order valence-electron chi connectivity index (χ4n) is 3.58. The molecule has 1 aliphatic heterocycles. The first-order chi connectivity index (χ1) is 12.2. The van der Waals surface area contributed by atoms with Gasteiger partial charge in [-0.25, -0.2) is 4.79 Å². The third-order valence-electron chi connectivity index (χ3n) is 5.12. The van der Waals surface area contributed by atoms with E-state index in [1.54, 1.807) is 13.8 Å². The third kappa shape index (κ3) is 7.53. The van der Waals surface area contributed by atoms with E-state index in [2.05, 4.69) is 0 Å². The first-order valence-corrected chi connectivity index (χ1v) is 10.3. The topological polar surface area (TPSA) is 54.0 Å². The maximum absolute atomic E-state index is 12.3. The number of carbonyl (C=O) groups excluding carboxylic acids is 1. The Bertz CT molecular complexity index is 434. The van der Waals surface area contributed by atoms with Crippen molar-refractivity contribution in [2.24, 2.45) is 11.8 Å². The van der Waals surface area contributed by atoms with Gasteiger partial charge in [-0.15, -0.1) is 0 Å². The van der Waals surface area contributed by atoms with Gasteiger partial charge in [0.25, 0.3) is 0 Å². The lowest BCUT2D eigenvalue weighted by molar-refractivity contribution is -0.182. The van der Waals surface area contributed by atoms with Crippen LogP contribution in [-0.2, 0) is 23.7 Å². The van der Waals surface area contributed by atoms with Crippen molar-refractivity contribution in [3.05, 3.63) is 0 Å². The molecular weight excluding hydrogens is 332 g/mol. The lowest BCUT2D eigenvalue weighted by atomic mass is 9.82. The zero-order valence-corrected chi connectivity index (χ0v) is 17.3. The van der Waals surface area contributed by atoms with Crippen molar-refractivity contribution in [1.29, 1.82) is 0 Å². The maximum atomic E-state index is 12.3. The van der Waals surface area contributed by atoms with Gasteiger partial charge in [-0.05, 0) is 85.0 Å². The average Bonchev–Trinajstić information content (AvgIpc) is 2.58. The quantitative estimate of drug-likeness (QED) is 0.619. The first kappa shape index (κ1) is 21.6. The van der Waals surface area contributed by atoms with Gasteiger partial charge in [-0.2, -0.15) is 0 Å². The predicted octanol–water partition coefficient (Wildman–Crippen LogP) is 4.47. The Morgan fingerprint density at radius 3 is 2.27 bits per heavy atom. The minimum Gasteiger partial charge on any atom is -0.458 e. The van der Waals surface area contributed by atoms with Crippen LogP contribution in [0.2, 0.25) is 0 Å². The molecular formula is C21H38O5. The Kier molecular flexibility index (Phi) is 7.92. The summed E-state index contributed by atoms with van der Waals surface area (Å²) in [6.45, 7) is 11.4. The summed E-state index contributed by atoms with van der Waals surface area (Å²) < 4.78 is 23.1. The fraction of sp³-hybridized carbons (Fsp3) is 0.952. The molecule has 0 bridgehead atoms. The number of hydrogen-bond acceptors (Lipinski definition) is 5. The maximum Gasteiger partial charge on any atom is 0.338 e. The van der Waals surface area contributed by atoms with Gasteiger partial charge in [0.1, 0.15) is 5.60 Å². The Labute approximate surface area is 159 Å². The van der Waals surface area contributed by atoms with E-state index in [0.29, 0.717) is 18.4 Å². The van der Waals surface area contributed by atoms with Crippen LogP contribution < -0.4 is 0 Å². The van der Waals surface area contributed by atoms with Gasteiger partial charge in [0, 0.05) is 6.61 Å². The average molecular weight is 371 g/mol. The van der Waals surface area contributed by atoms with Gasteiger partial charge in [0.15, 0.2) is 11.9 Å². The summed E-state index contributed by atoms with van der Waals surface area (Å²) in [7, 11) is 0. The standard InChI is InChI=1S/C21H38O5/c1-20(2,3)26-19(22)21(4,5)25-15-17-10-8-9-16(13-17)14-24-18-11-6-7-12-23-18/h16-18H,6-15H2,1-5H3. The third-order valence-corrected chi connectivity index (χ3v) is 5.12. The summed E-state index contributed by atoms with van der Waals surface area (Å²) in [5.74, 6) is 0.744. The molecule has 0 spiro atoms. The van der Waals surface area contributed by atoms with Crippen LogP contribution >= 0.6 is 0 Å². The molecule has 5 nitrogen and oxygen atoms in total. The second-order valence-electron chi connectivity index (χ2n) is 9.35. The molecule has 0 N–H and O–H groups in total. The van der Waals surface area contributed by atoms with E-state index >= 15 is 0 Å². The van der Waals surface area contributed by atoms with Crippen molar-refractivity contribution in [2.75, 3.05) is 19.8 Å². The van der Waals surface area contributed by atoms with Gasteiger partial charge in [-0.3, -0.25) is 0 Å². The van der Waals surface area contributed by atoms with Crippen LogP contribution in [-0.4, -0.2) is 43.3 Å². The zero-order chi connectivity index (χ0) is 19.2. The highest BCUT2D eigenvalue weighted by molar-refractivity contribution is 5.78. The molecule has 2 aliphatic rings.